The normalized spacial score (nSPS) is 10.0. The number of nitrogens with one attached hydrogen (secondary N) is 2. The molecule has 0 fully saturated rings. The van der Waals surface area contributed by atoms with Gasteiger partial charge in [-0.1, -0.05) is 0 Å². The smallest absolute Gasteiger partial charge is 0.256 e. The lowest BCUT2D eigenvalue weighted by Crippen LogP contribution is -2.12. The number of methoxy groups -OCH3 is 1. The zero-order valence-corrected chi connectivity index (χ0v) is 9.03. The van der Waals surface area contributed by atoms with Crippen LogP contribution in [0.15, 0.2) is 30.5 Å². The minimum absolute atomic E-state index is 0.0299. The molecule has 1 aromatic heterocycles. The summed E-state index contributed by atoms with van der Waals surface area (Å²) in [5.41, 5.74) is 0.304. The van der Waals surface area contributed by atoms with Crippen LogP contribution in [0.2, 0.25) is 0 Å². The van der Waals surface area contributed by atoms with Crippen molar-refractivity contribution >= 4 is 11.7 Å². The van der Waals surface area contributed by atoms with E-state index >= 15 is 0 Å². The monoisotopic (exact) mass is 235 g/mol. The van der Waals surface area contributed by atoms with Crippen molar-refractivity contribution in [1.29, 1.82) is 0 Å². The predicted molar refractivity (Wildman–Crippen MR) is 59.5 cm³/mol. The Morgan fingerprint density at radius 1 is 1.47 bits per heavy atom. The molecule has 0 spiro atoms. The minimum atomic E-state index is -0.509. The van der Waals surface area contributed by atoms with Crippen LogP contribution in [0.25, 0.3) is 0 Å². The average Bonchev–Trinajstić information content (AvgIpc) is 2.82. The highest BCUT2D eigenvalue weighted by atomic mass is 19.1. The molecule has 0 aliphatic rings. The minimum Gasteiger partial charge on any atom is -0.494 e. The molecule has 2 aromatic rings. The number of carbonyl (C=O) groups excluding carboxylic acids is 1. The van der Waals surface area contributed by atoms with Crippen molar-refractivity contribution in [3.63, 3.8) is 0 Å². The van der Waals surface area contributed by atoms with Gasteiger partial charge >= 0.3 is 0 Å². The summed E-state index contributed by atoms with van der Waals surface area (Å²) in [6.45, 7) is 0. The molecule has 0 radical (unpaired) electrons. The van der Waals surface area contributed by atoms with E-state index < -0.39 is 5.82 Å². The van der Waals surface area contributed by atoms with E-state index in [4.69, 9.17) is 4.74 Å². The number of ether oxygens (including phenoxy) is 1. The number of H-pyrrole nitrogens is 1. The maximum Gasteiger partial charge on any atom is 0.256 e. The molecule has 0 saturated carbocycles. The molecule has 0 bridgehead atoms. The van der Waals surface area contributed by atoms with Crippen LogP contribution < -0.4 is 10.1 Å². The Balaban J connectivity index is 2.19. The summed E-state index contributed by atoms with van der Waals surface area (Å²) < 4.78 is 17.9. The van der Waals surface area contributed by atoms with Gasteiger partial charge in [-0.3, -0.25) is 9.89 Å². The summed E-state index contributed by atoms with van der Waals surface area (Å²) in [6.07, 6.45) is 1.51. The highest BCUT2D eigenvalue weighted by molar-refractivity contribution is 6.03. The van der Waals surface area contributed by atoms with E-state index in [-0.39, 0.29) is 11.7 Å². The molecular weight excluding hydrogens is 225 g/mol. The molecule has 1 aromatic carbocycles. The van der Waals surface area contributed by atoms with Gasteiger partial charge in [0, 0.05) is 11.6 Å². The summed E-state index contributed by atoms with van der Waals surface area (Å²) in [7, 11) is 1.34. The van der Waals surface area contributed by atoms with Crippen molar-refractivity contribution in [3.8, 4) is 5.75 Å². The van der Waals surface area contributed by atoms with E-state index in [1.807, 2.05) is 0 Å². The number of benzene rings is 1. The van der Waals surface area contributed by atoms with Gasteiger partial charge in [0.25, 0.3) is 5.91 Å². The second kappa shape index (κ2) is 4.65. The van der Waals surface area contributed by atoms with Gasteiger partial charge in [-0.2, -0.15) is 5.10 Å². The Bertz CT molecular complexity index is 526. The quantitative estimate of drug-likeness (QED) is 0.852. The zero-order valence-electron chi connectivity index (χ0n) is 9.03. The van der Waals surface area contributed by atoms with Gasteiger partial charge in [-0.25, -0.2) is 4.39 Å². The van der Waals surface area contributed by atoms with Crippen LogP contribution in [0.1, 0.15) is 10.4 Å². The first-order valence-electron chi connectivity index (χ1n) is 4.85. The van der Waals surface area contributed by atoms with E-state index in [1.54, 1.807) is 6.07 Å². The van der Waals surface area contributed by atoms with Crippen LogP contribution >= 0.6 is 0 Å². The lowest BCUT2D eigenvalue weighted by molar-refractivity contribution is 0.102. The lowest BCUT2D eigenvalue weighted by atomic mass is 10.2. The number of anilines is 1. The molecule has 0 aliphatic carbocycles. The highest BCUT2D eigenvalue weighted by Gasteiger charge is 2.10. The van der Waals surface area contributed by atoms with Crippen LogP contribution in [0.3, 0.4) is 0 Å². The fourth-order valence-corrected chi connectivity index (χ4v) is 1.32. The molecule has 0 aliphatic heterocycles. The maximum absolute atomic E-state index is 13.1. The Morgan fingerprint density at radius 2 is 2.29 bits per heavy atom. The molecule has 0 atom stereocenters. The van der Waals surface area contributed by atoms with Crippen LogP contribution in [-0.4, -0.2) is 23.2 Å². The molecular formula is C11H10FN3O2. The first kappa shape index (κ1) is 11.1. The fraction of sp³-hybridized carbons (Fsp3) is 0.0909. The Labute approximate surface area is 96.6 Å². The first-order valence-corrected chi connectivity index (χ1v) is 4.85. The van der Waals surface area contributed by atoms with Crippen molar-refractivity contribution in [3.05, 3.63) is 41.8 Å². The van der Waals surface area contributed by atoms with Crippen molar-refractivity contribution in [1.82, 2.24) is 10.2 Å². The first-order chi connectivity index (χ1) is 8.20. The van der Waals surface area contributed by atoms with Crippen LogP contribution in [0.5, 0.6) is 5.75 Å². The number of rotatable bonds is 3. The predicted octanol–water partition coefficient (Wildman–Crippen LogP) is 1.81. The Kier molecular flexibility index (Phi) is 3.04. The van der Waals surface area contributed by atoms with Crippen LogP contribution in [-0.2, 0) is 0 Å². The van der Waals surface area contributed by atoms with Crippen molar-refractivity contribution < 1.29 is 13.9 Å². The number of amides is 1. The average molecular weight is 235 g/mol. The van der Waals surface area contributed by atoms with Gasteiger partial charge < -0.3 is 10.1 Å². The third-order valence-electron chi connectivity index (χ3n) is 2.16. The van der Waals surface area contributed by atoms with Gasteiger partial charge in [0.1, 0.15) is 5.82 Å². The van der Waals surface area contributed by atoms with Gasteiger partial charge in [-0.05, 0) is 18.2 Å². The SMILES string of the molecule is COc1cc(C(=O)Nc2ccn[nH]2)ccc1F. The molecule has 88 valence electrons. The molecule has 0 unspecified atom stereocenters. The van der Waals surface area contributed by atoms with Crippen molar-refractivity contribution in [2.45, 2.75) is 0 Å². The second-order valence-corrected chi connectivity index (χ2v) is 3.27. The summed E-state index contributed by atoms with van der Waals surface area (Å²) in [5.74, 6) is -0.376. The molecule has 1 amide bonds. The Morgan fingerprint density at radius 3 is 2.94 bits per heavy atom. The summed E-state index contributed by atoms with van der Waals surface area (Å²) in [6, 6.07) is 5.50. The summed E-state index contributed by atoms with van der Waals surface area (Å²) in [5, 5.41) is 8.86. The van der Waals surface area contributed by atoms with Gasteiger partial charge in [0.05, 0.1) is 13.3 Å². The highest BCUT2D eigenvalue weighted by Crippen LogP contribution is 2.18. The number of halogens is 1. The maximum atomic E-state index is 13.1. The standard InChI is InChI=1S/C11H10FN3O2/c1-17-9-6-7(2-3-8(9)12)11(16)14-10-4-5-13-15-10/h2-6H,1H3,(H2,13,14,15,16). The summed E-state index contributed by atoms with van der Waals surface area (Å²) >= 11 is 0. The molecule has 17 heavy (non-hydrogen) atoms. The van der Waals surface area contributed by atoms with E-state index in [2.05, 4.69) is 15.5 Å². The molecule has 2 rings (SSSR count). The molecule has 1 heterocycles. The van der Waals surface area contributed by atoms with Gasteiger partial charge in [-0.15, -0.1) is 0 Å². The number of aromatic nitrogens is 2. The molecule has 6 heteroatoms. The lowest BCUT2D eigenvalue weighted by Gasteiger charge is -2.05. The van der Waals surface area contributed by atoms with E-state index in [0.717, 1.165) is 0 Å². The van der Waals surface area contributed by atoms with Crippen LogP contribution in [0.4, 0.5) is 10.2 Å². The third kappa shape index (κ3) is 2.41. The van der Waals surface area contributed by atoms with Crippen molar-refractivity contribution in [2.75, 3.05) is 12.4 Å². The zero-order chi connectivity index (χ0) is 12.3. The third-order valence-corrected chi connectivity index (χ3v) is 2.16. The van der Waals surface area contributed by atoms with Gasteiger partial charge in [0.2, 0.25) is 0 Å². The molecule has 2 N–H and O–H groups in total. The molecule has 0 saturated heterocycles. The van der Waals surface area contributed by atoms with E-state index in [1.165, 1.54) is 31.5 Å². The number of hydrogen-bond donors (Lipinski definition) is 2. The second-order valence-electron chi connectivity index (χ2n) is 3.27. The van der Waals surface area contributed by atoms with Crippen LogP contribution in [0, 0.1) is 5.82 Å². The largest absolute Gasteiger partial charge is 0.494 e. The Hall–Kier alpha value is -2.37. The number of aromatic amines is 1. The van der Waals surface area contributed by atoms with E-state index in [0.29, 0.717) is 11.4 Å². The number of carbonyl (C=O) groups is 1. The summed E-state index contributed by atoms with van der Waals surface area (Å²) in [4.78, 5) is 11.8. The van der Waals surface area contributed by atoms with Gasteiger partial charge in [0.15, 0.2) is 11.6 Å². The van der Waals surface area contributed by atoms with Crippen molar-refractivity contribution in [2.24, 2.45) is 0 Å². The number of nitrogens with zero attached hydrogens (tertiary/aromatic N) is 1. The van der Waals surface area contributed by atoms with E-state index in [9.17, 15) is 9.18 Å². The molecule has 5 nitrogen and oxygen atoms in total. The fourth-order valence-electron chi connectivity index (χ4n) is 1.32. The number of hydrogen-bond acceptors (Lipinski definition) is 3. The topological polar surface area (TPSA) is 67.0 Å².